The third kappa shape index (κ3) is 3.33. The van der Waals surface area contributed by atoms with Crippen molar-refractivity contribution in [2.24, 2.45) is 0 Å². The van der Waals surface area contributed by atoms with Gasteiger partial charge in [-0.25, -0.2) is 23.4 Å². The first-order valence-electron chi connectivity index (χ1n) is 6.91. The molecule has 0 aliphatic carbocycles. The summed E-state index contributed by atoms with van der Waals surface area (Å²) >= 11 is 12.5. The van der Waals surface area contributed by atoms with Gasteiger partial charge in [-0.1, -0.05) is 23.2 Å². The van der Waals surface area contributed by atoms with E-state index in [1.54, 1.807) is 16.7 Å². The topological polar surface area (TPSA) is 87.0 Å². The van der Waals surface area contributed by atoms with Gasteiger partial charge in [-0.05, 0) is 18.2 Å². The Labute approximate surface area is 154 Å². The van der Waals surface area contributed by atoms with Crippen LogP contribution in [0.2, 0.25) is 10.3 Å². The first-order chi connectivity index (χ1) is 11.8. The SMILES string of the molecule is COc1ccnc(Cl)c1-c1c(Cl)ncn1-c1ccc(S(C)(=O)=O)cn1. The predicted molar refractivity (Wildman–Crippen MR) is 94.3 cm³/mol. The maximum absolute atomic E-state index is 11.6. The van der Waals surface area contributed by atoms with Gasteiger partial charge in [0.15, 0.2) is 15.0 Å². The van der Waals surface area contributed by atoms with Gasteiger partial charge in [-0.15, -0.1) is 0 Å². The van der Waals surface area contributed by atoms with E-state index in [-0.39, 0.29) is 15.2 Å². The highest BCUT2D eigenvalue weighted by atomic mass is 35.5. The Balaban J connectivity index is 2.19. The second-order valence-electron chi connectivity index (χ2n) is 5.06. The van der Waals surface area contributed by atoms with Crippen molar-refractivity contribution < 1.29 is 13.2 Å². The molecule has 7 nitrogen and oxygen atoms in total. The van der Waals surface area contributed by atoms with Gasteiger partial charge >= 0.3 is 0 Å². The number of aromatic nitrogens is 4. The van der Waals surface area contributed by atoms with Crippen LogP contribution in [0.4, 0.5) is 0 Å². The number of rotatable bonds is 4. The van der Waals surface area contributed by atoms with Crippen molar-refractivity contribution in [3.8, 4) is 22.8 Å². The lowest BCUT2D eigenvalue weighted by Gasteiger charge is -2.12. The fourth-order valence-electron chi connectivity index (χ4n) is 2.26. The van der Waals surface area contributed by atoms with Gasteiger partial charge in [-0.2, -0.15) is 0 Å². The van der Waals surface area contributed by atoms with E-state index in [0.29, 0.717) is 22.8 Å². The quantitative estimate of drug-likeness (QED) is 0.627. The van der Waals surface area contributed by atoms with Gasteiger partial charge in [0.1, 0.15) is 23.0 Å². The van der Waals surface area contributed by atoms with Crippen LogP contribution in [0.5, 0.6) is 5.75 Å². The predicted octanol–water partition coefficient (Wildman–Crippen LogP) is 3.05. The molecule has 0 N–H and O–H groups in total. The number of sulfone groups is 1. The zero-order valence-electron chi connectivity index (χ0n) is 13.1. The van der Waals surface area contributed by atoms with E-state index < -0.39 is 9.84 Å². The third-order valence-corrected chi connectivity index (χ3v) is 5.10. The fraction of sp³-hybridized carbons (Fsp3) is 0.133. The smallest absolute Gasteiger partial charge is 0.177 e. The van der Waals surface area contributed by atoms with Gasteiger partial charge in [0, 0.05) is 18.6 Å². The van der Waals surface area contributed by atoms with E-state index in [4.69, 9.17) is 27.9 Å². The summed E-state index contributed by atoms with van der Waals surface area (Å²) < 4.78 is 30.1. The lowest BCUT2D eigenvalue weighted by atomic mass is 10.2. The minimum Gasteiger partial charge on any atom is -0.496 e. The average Bonchev–Trinajstić information content (AvgIpc) is 2.95. The van der Waals surface area contributed by atoms with E-state index in [0.717, 1.165) is 6.26 Å². The Kier molecular flexibility index (Phi) is 4.68. The Morgan fingerprint density at radius 2 is 1.84 bits per heavy atom. The second kappa shape index (κ2) is 6.62. The van der Waals surface area contributed by atoms with Crippen LogP contribution >= 0.6 is 23.2 Å². The number of pyridine rings is 2. The molecule has 130 valence electrons. The Bertz CT molecular complexity index is 1030. The van der Waals surface area contributed by atoms with Crippen LogP contribution in [0.25, 0.3) is 17.1 Å². The van der Waals surface area contributed by atoms with Crippen LogP contribution < -0.4 is 4.74 Å². The first-order valence-corrected chi connectivity index (χ1v) is 9.56. The molecule has 0 spiro atoms. The molecule has 0 saturated carbocycles. The molecule has 3 aromatic rings. The number of nitrogens with zero attached hydrogens (tertiary/aromatic N) is 4. The molecule has 3 heterocycles. The molecule has 3 aromatic heterocycles. The number of imidazole rings is 1. The highest BCUT2D eigenvalue weighted by Gasteiger charge is 2.21. The molecule has 0 saturated heterocycles. The average molecular weight is 399 g/mol. The highest BCUT2D eigenvalue weighted by Crippen LogP contribution is 2.39. The summed E-state index contributed by atoms with van der Waals surface area (Å²) in [7, 11) is -1.84. The summed E-state index contributed by atoms with van der Waals surface area (Å²) in [6, 6.07) is 4.65. The summed E-state index contributed by atoms with van der Waals surface area (Å²) in [6.07, 6.45) is 5.36. The Morgan fingerprint density at radius 3 is 2.44 bits per heavy atom. The van der Waals surface area contributed by atoms with Gasteiger partial charge in [0.2, 0.25) is 0 Å². The van der Waals surface area contributed by atoms with Crippen LogP contribution in [0, 0.1) is 0 Å². The highest BCUT2D eigenvalue weighted by molar-refractivity contribution is 7.90. The molecular weight excluding hydrogens is 387 g/mol. The number of hydrogen-bond donors (Lipinski definition) is 0. The lowest BCUT2D eigenvalue weighted by molar-refractivity contribution is 0.415. The molecule has 25 heavy (non-hydrogen) atoms. The van der Waals surface area contributed by atoms with Crippen LogP contribution in [-0.4, -0.2) is 41.3 Å². The summed E-state index contributed by atoms with van der Waals surface area (Å²) in [4.78, 5) is 12.4. The van der Waals surface area contributed by atoms with E-state index in [9.17, 15) is 8.42 Å². The number of ether oxygens (including phenoxy) is 1. The van der Waals surface area contributed by atoms with Crippen molar-refractivity contribution in [1.29, 1.82) is 0 Å². The number of methoxy groups -OCH3 is 1. The molecule has 0 aromatic carbocycles. The lowest BCUT2D eigenvalue weighted by Crippen LogP contribution is -2.03. The maximum Gasteiger partial charge on any atom is 0.177 e. The Morgan fingerprint density at radius 1 is 1.08 bits per heavy atom. The molecule has 0 bridgehead atoms. The zero-order chi connectivity index (χ0) is 18.2. The van der Waals surface area contributed by atoms with E-state index in [1.807, 2.05) is 0 Å². The molecule has 0 amide bonds. The zero-order valence-corrected chi connectivity index (χ0v) is 15.5. The molecule has 0 fully saturated rings. The molecular formula is C15H12Cl2N4O3S. The molecule has 0 radical (unpaired) electrons. The molecule has 0 atom stereocenters. The molecule has 0 aliphatic rings. The van der Waals surface area contributed by atoms with Crippen molar-refractivity contribution >= 4 is 33.0 Å². The van der Waals surface area contributed by atoms with Crippen molar-refractivity contribution in [3.05, 3.63) is 47.2 Å². The van der Waals surface area contributed by atoms with Crippen molar-refractivity contribution in [2.45, 2.75) is 4.90 Å². The summed E-state index contributed by atoms with van der Waals surface area (Å²) in [6.45, 7) is 0. The number of halogens is 2. The number of hydrogen-bond acceptors (Lipinski definition) is 6. The van der Waals surface area contributed by atoms with Gasteiger partial charge in [0.05, 0.1) is 23.3 Å². The van der Waals surface area contributed by atoms with Gasteiger partial charge in [-0.3, -0.25) is 4.57 Å². The van der Waals surface area contributed by atoms with Crippen LogP contribution in [-0.2, 0) is 9.84 Å². The maximum atomic E-state index is 11.6. The summed E-state index contributed by atoms with van der Waals surface area (Å²) in [5, 5.41) is 0.373. The largest absolute Gasteiger partial charge is 0.496 e. The van der Waals surface area contributed by atoms with Crippen LogP contribution in [0.3, 0.4) is 0 Å². The molecule has 0 unspecified atom stereocenters. The first kappa shape index (κ1) is 17.7. The third-order valence-electron chi connectivity index (χ3n) is 3.44. The van der Waals surface area contributed by atoms with E-state index >= 15 is 0 Å². The summed E-state index contributed by atoms with van der Waals surface area (Å²) in [5.74, 6) is 0.889. The monoisotopic (exact) mass is 398 g/mol. The normalized spacial score (nSPS) is 11.5. The minimum absolute atomic E-state index is 0.112. The fourth-order valence-corrected chi connectivity index (χ4v) is 3.29. The van der Waals surface area contributed by atoms with Crippen LogP contribution in [0.15, 0.2) is 41.8 Å². The van der Waals surface area contributed by atoms with Crippen molar-refractivity contribution in [1.82, 2.24) is 19.5 Å². The van der Waals surface area contributed by atoms with Gasteiger partial charge in [0.25, 0.3) is 0 Å². The standard InChI is InChI=1S/C15H12Cl2N4O3S/c1-24-10-5-6-18-14(16)12(10)13-15(17)20-8-21(13)11-4-3-9(7-19-11)25(2,22)23/h3-8H,1-2H3. The van der Waals surface area contributed by atoms with Crippen LogP contribution in [0.1, 0.15) is 0 Å². The molecule has 0 aliphatic heterocycles. The minimum atomic E-state index is -3.34. The molecule has 10 heteroatoms. The second-order valence-corrected chi connectivity index (χ2v) is 7.79. The van der Waals surface area contributed by atoms with Crippen molar-refractivity contribution in [2.75, 3.05) is 13.4 Å². The van der Waals surface area contributed by atoms with E-state index in [1.165, 1.54) is 31.9 Å². The van der Waals surface area contributed by atoms with Gasteiger partial charge < -0.3 is 4.74 Å². The van der Waals surface area contributed by atoms with E-state index in [2.05, 4.69) is 15.0 Å². The summed E-state index contributed by atoms with van der Waals surface area (Å²) in [5.41, 5.74) is 0.902. The Hall–Kier alpha value is -2.16. The molecule has 3 rings (SSSR count). The van der Waals surface area contributed by atoms with Crippen molar-refractivity contribution in [3.63, 3.8) is 0 Å².